The van der Waals surface area contributed by atoms with Gasteiger partial charge in [0, 0.05) is 6.54 Å². The number of rotatable bonds is 4. The Labute approximate surface area is 112 Å². The summed E-state index contributed by atoms with van der Waals surface area (Å²) in [6.45, 7) is 2.92. The summed E-state index contributed by atoms with van der Waals surface area (Å²) < 4.78 is 5.61. The van der Waals surface area contributed by atoms with Crippen LogP contribution in [0.5, 0.6) is 0 Å². The van der Waals surface area contributed by atoms with Crippen molar-refractivity contribution < 1.29 is 4.42 Å². The molecule has 0 amide bonds. The molecule has 96 valence electrons. The van der Waals surface area contributed by atoms with Gasteiger partial charge in [-0.25, -0.2) is 0 Å². The van der Waals surface area contributed by atoms with Gasteiger partial charge in [0.15, 0.2) is 5.58 Å². The van der Waals surface area contributed by atoms with Gasteiger partial charge in [-0.2, -0.15) is 4.98 Å². The van der Waals surface area contributed by atoms with Crippen molar-refractivity contribution in [3.63, 3.8) is 0 Å². The minimum absolute atomic E-state index is 0.592. The number of para-hydroxylation sites is 2. The first kappa shape index (κ1) is 11.8. The molecular weight excluding hydrogens is 236 g/mol. The van der Waals surface area contributed by atoms with Gasteiger partial charge in [0.05, 0.1) is 0 Å². The van der Waals surface area contributed by atoms with Gasteiger partial charge in [0.1, 0.15) is 5.52 Å². The normalized spacial score (nSPS) is 10.8. The van der Waals surface area contributed by atoms with E-state index in [-0.39, 0.29) is 0 Å². The van der Waals surface area contributed by atoms with E-state index >= 15 is 0 Å². The van der Waals surface area contributed by atoms with Crippen molar-refractivity contribution in [1.29, 1.82) is 0 Å². The Bertz CT molecular complexity index is 655. The molecule has 1 aromatic heterocycles. The number of aryl methyl sites for hydroxylation is 1. The largest absolute Gasteiger partial charge is 0.424 e. The Hall–Kier alpha value is -2.29. The highest BCUT2D eigenvalue weighted by Gasteiger charge is 2.03. The SMILES string of the molecule is Cc1cccc(CCNc2nc3ccccc3o2)c1. The van der Waals surface area contributed by atoms with E-state index in [0.29, 0.717) is 6.01 Å². The number of anilines is 1. The van der Waals surface area contributed by atoms with Crippen LogP contribution in [0.2, 0.25) is 0 Å². The van der Waals surface area contributed by atoms with E-state index in [2.05, 4.69) is 41.5 Å². The lowest BCUT2D eigenvalue weighted by molar-refractivity contribution is 0.614. The highest BCUT2D eigenvalue weighted by molar-refractivity contribution is 5.74. The molecule has 0 fully saturated rings. The van der Waals surface area contributed by atoms with Gasteiger partial charge in [-0.1, -0.05) is 42.0 Å². The van der Waals surface area contributed by atoms with Gasteiger partial charge < -0.3 is 9.73 Å². The van der Waals surface area contributed by atoms with Crippen LogP contribution in [0, 0.1) is 6.92 Å². The lowest BCUT2D eigenvalue weighted by Gasteiger charge is -2.03. The fourth-order valence-electron chi connectivity index (χ4n) is 2.13. The fourth-order valence-corrected chi connectivity index (χ4v) is 2.13. The molecule has 0 aliphatic carbocycles. The van der Waals surface area contributed by atoms with Crippen molar-refractivity contribution >= 4 is 17.1 Å². The number of hydrogen-bond donors (Lipinski definition) is 1. The Balaban J connectivity index is 1.63. The van der Waals surface area contributed by atoms with Crippen LogP contribution < -0.4 is 5.32 Å². The van der Waals surface area contributed by atoms with Crippen LogP contribution >= 0.6 is 0 Å². The summed E-state index contributed by atoms with van der Waals surface area (Å²) in [4.78, 5) is 4.38. The highest BCUT2D eigenvalue weighted by atomic mass is 16.4. The third-order valence-electron chi connectivity index (χ3n) is 3.07. The molecule has 0 unspecified atom stereocenters. The predicted molar refractivity (Wildman–Crippen MR) is 77.4 cm³/mol. The second-order valence-electron chi connectivity index (χ2n) is 4.65. The maximum Gasteiger partial charge on any atom is 0.295 e. The van der Waals surface area contributed by atoms with Crippen LogP contribution in [0.15, 0.2) is 52.9 Å². The Morgan fingerprint density at radius 2 is 2.00 bits per heavy atom. The molecule has 1 N–H and O–H groups in total. The Kier molecular flexibility index (Phi) is 3.19. The van der Waals surface area contributed by atoms with Gasteiger partial charge in [-0.05, 0) is 31.0 Å². The number of oxazole rings is 1. The lowest BCUT2D eigenvalue weighted by atomic mass is 10.1. The van der Waals surface area contributed by atoms with Gasteiger partial charge in [0.2, 0.25) is 0 Å². The lowest BCUT2D eigenvalue weighted by Crippen LogP contribution is -2.04. The second-order valence-corrected chi connectivity index (χ2v) is 4.65. The van der Waals surface area contributed by atoms with Crippen molar-refractivity contribution in [2.75, 3.05) is 11.9 Å². The predicted octanol–water partition coefficient (Wildman–Crippen LogP) is 3.79. The maximum absolute atomic E-state index is 5.61. The number of hydrogen-bond acceptors (Lipinski definition) is 3. The summed E-state index contributed by atoms with van der Waals surface area (Å²) in [5.74, 6) is 0. The first-order valence-corrected chi connectivity index (χ1v) is 6.46. The average molecular weight is 252 g/mol. The van der Waals surface area contributed by atoms with Crippen molar-refractivity contribution in [2.45, 2.75) is 13.3 Å². The van der Waals surface area contributed by atoms with Crippen LogP contribution in [0.3, 0.4) is 0 Å². The van der Waals surface area contributed by atoms with Crippen LogP contribution in [0.4, 0.5) is 6.01 Å². The molecule has 1 heterocycles. The zero-order chi connectivity index (χ0) is 13.1. The average Bonchev–Trinajstić information content (AvgIpc) is 2.81. The highest BCUT2D eigenvalue weighted by Crippen LogP contribution is 2.17. The zero-order valence-electron chi connectivity index (χ0n) is 10.9. The minimum Gasteiger partial charge on any atom is -0.424 e. The molecule has 0 atom stereocenters. The van der Waals surface area contributed by atoms with Crippen LogP contribution in [0.25, 0.3) is 11.1 Å². The van der Waals surface area contributed by atoms with Gasteiger partial charge in [-0.3, -0.25) is 0 Å². The van der Waals surface area contributed by atoms with E-state index in [1.54, 1.807) is 0 Å². The standard InChI is InChI=1S/C16H16N2O/c1-12-5-4-6-13(11-12)9-10-17-16-18-14-7-2-3-8-15(14)19-16/h2-8,11H,9-10H2,1H3,(H,17,18). The molecule has 3 aromatic rings. The van der Waals surface area contributed by atoms with Crippen molar-refractivity contribution in [1.82, 2.24) is 4.98 Å². The molecule has 3 nitrogen and oxygen atoms in total. The Morgan fingerprint density at radius 3 is 2.84 bits per heavy atom. The molecule has 0 bridgehead atoms. The molecule has 0 saturated carbocycles. The molecular formula is C16H16N2O. The van der Waals surface area contributed by atoms with Crippen LogP contribution in [0.1, 0.15) is 11.1 Å². The van der Waals surface area contributed by atoms with Crippen molar-refractivity contribution in [3.05, 3.63) is 59.7 Å². The summed E-state index contributed by atoms with van der Waals surface area (Å²) in [6.07, 6.45) is 0.959. The molecule has 3 heteroatoms. The summed E-state index contributed by atoms with van der Waals surface area (Å²) >= 11 is 0. The van der Waals surface area contributed by atoms with Gasteiger partial charge >= 0.3 is 0 Å². The third kappa shape index (κ3) is 2.76. The minimum atomic E-state index is 0.592. The molecule has 0 aliphatic rings. The third-order valence-corrected chi connectivity index (χ3v) is 3.07. The van der Waals surface area contributed by atoms with E-state index < -0.39 is 0 Å². The molecule has 0 spiro atoms. The van der Waals surface area contributed by atoms with E-state index in [4.69, 9.17) is 4.42 Å². The van der Waals surface area contributed by atoms with E-state index in [0.717, 1.165) is 24.1 Å². The topological polar surface area (TPSA) is 38.1 Å². The molecule has 0 aliphatic heterocycles. The zero-order valence-corrected chi connectivity index (χ0v) is 10.9. The quantitative estimate of drug-likeness (QED) is 0.767. The number of nitrogens with one attached hydrogen (secondary N) is 1. The van der Waals surface area contributed by atoms with Gasteiger partial charge in [-0.15, -0.1) is 0 Å². The molecule has 0 radical (unpaired) electrons. The number of benzene rings is 2. The summed E-state index contributed by atoms with van der Waals surface area (Å²) in [6, 6.07) is 16.9. The maximum atomic E-state index is 5.61. The van der Waals surface area contributed by atoms with E-state index in [1.165, 1.54) is 11.1 Å². The number of aromatic nitrogens is 1. The molecule has 2 aromatic carbocycles. The monoisotopic (exact) mass is 252 g/mol. The molecule has 0 saturated heterocycles. The fraction of sp³-hybridized carbons (Fsp3) is 0.188. The van der Waals surface area contributed by atoms with Gasteiger partial charge in [0.25, 0.3) is 6.01 Å². The smallest absolute Gasteiger partial charge is 0.295 e. The van der Waals surface area contributed by atoms with Crippen molar-refractivity contribution in [2.24, 2.45) is 0 Å². The van der Waals surface area contributed by atoms with E-state index in [9.17, 15) is 0 Å². The first-order chi connectivity index (χ1) is 9.31. The van der Waals surface area contributed by atoms with Crippen molar-refractivity contribution in [3.8, 4) is 0 Å². The molecule has 3 rings (SSSR count). The van der Waals surface area contributed by atoms with Crippen LogP contribution in [-0.4, -0.2) is 11.5 Å². The summed E-state index contributed by atoms with van der Waals surface area (Å²) in [5.41, 5.74) is 4.32. The van der Waals surface area contributed by atoms with E-state index in [1.807, 2.05) is 24.3 Å². The summed E-state index contributed by atoms with van der Waals surface area (Å²) in [7, 11) is 0. The molecule has 19 heavy (non-hydrogen) atoms. The number of nitrogens with zero attached hydrogens (tertiary/aromatic N) is 1. The Morgan fingerprint density at radius 1 is 1.11 bits per heavy atom. The summed E-state index contributed by atoms with van der Waals surface area (Å²) in [5, 5.41) is 3.22. The first-order valence-electron chi connectivity index (χ1n) is 6.46. The number of fused-ring (bicyclic) bond motifs is 1. The second kappa shape index (κ2) is 5.14. The van der Waals surface area contributed by atoms with Crippen LogP contribution in [-0.2, 0) is 6.42 Å².